The Morgan fingerprint density at radius 1 is 1.26 bits per heavy atom. The molecular weight excluding hydrogens is 294 g/mol. The van der Waals surface area contributed by atoms with Crippen molar-refractivity contribution in [2.45, 2.75) is 27.2 Å². The summed E-state index contributed by atoms with van der Waals surface area (Å²) in [5.74, 6) is 0.553. The maximum atomic E-state index is 11.3. The summed E-state index contributed by atoms with van der Waals surface area (Å²) in [4.78, 5) is 22.3. The Morgan fingerprint density at radius 3 is 2.65 bits per heavy atom. The van der Waals surface area contributed by atoms with Crippen molar-refractivity contribution in [2.75, 3.05) is 18.0 Å². The topological polar surface area (TPSA) is 84.1 Å². The van der Waals surface area contributed by atoms with Gasteiger partial charge in [0.2, 0.25) is 0 Å². The molecular formula is C16H21N5O2. The van der Waals surface area contributed by atoms with Gasteiger partial charge in [-0.2, -0.15) is 5.10 Å². The molecule has 3 rings (SSSR count). The van der Waals surface area contributed by atoms with Crippen molar-refractivity contribution in [3.8, 4) is 5.82 Å². The largest absolute Gasteiger partial charge is 0.481 e. The molecule has 0 saturated carbocycles. The fraction of sp³-hybridized carbons (Fsp3) is 0.500. The number of rotatable bonds is 3. The monoisotopic (exact) mass is 315 g/mol. The molecule has 0 aliphatic carbocycles. The van der Waals surface area contributed by atoms with Crippen molar-refractivity contribution >= 4 is 11.8 Å². The van der Waals surface area contributed by atoms with Crippen LogP contribution in [0.3, 0.4) is 0 Å². The zero-order valence-electron chi connectivity index (χ0n) is 13.6. The van der Waals surface area contributed by atoms with Crippen LogP contribution in [0.25, 0.3) is 5.82 Å². The van der Waals surface area contributed by atoms with E-state index in [9.17, 15) is 9.90 Å². The van der Waals surface area contributed by atoms with Gasteiger partial charge in [-0.05, 0) is 32.3 Å². The van der Waals surface area contributed by atoms with E-state index in [2.05, 4.69) is 22.0 Å². The molecule has 2 unspecified atom stereocenters. The molecule has 2 aromatic heterocycles. The SMILES string of the molecule is Cc1cc(C)n(-c2cncc(N3CC(C)CC(C(=O)O)C3)n2)n1. The lowest BCUT2D eigenvalue weighted by atomic mass is 9.90. The van der Waals surface area contributed by atoms with Crippen LogP contribution >= 0.6 is 0 Å². The number of aliphatic carboxylic acids is 1. The molecule has 0 bridgehead atoms. The minimum absolute atomic E-state index is 0.309. The summed E-state index contributed by atoms with van der Waals surface area (Å²) >= 11 is 0. The van der Waals surface area contributed by atoms with Gasteiger partial charge in [0.05, 0.1) is 24.0 Å². The molecule has 0 spiro atoms. The molecule has 7 heteroatoms. The maximum Gasteiger partial charge on any atom is 0.308 e. The van der Waals surface area contributed by atoms with Gasteiger partial charge in [0.1, 0.15) is 5.82 Å². The minimum Gasteiger partial charge on any atom is -0.481 e. The van der Waals surface area contributed by atoms with E-state index in [-0.39, 0.29) is 5.92 Å². The number of nitrogens with zero attached hydrogens (tertiary/aromatic N) is 5. The number of hydrogen-bond donors (Lipinski definition) is 1. The lowest BCUT2D eigenvalue weighted by molar-refractivity contribution is -0.142. The third-order valence-electron chi connectivity index (χ3n) is 4.17. The predicted molar refractivity (Wildman–Crippen MR) is 85.7 cm³/mol. The van der Waals surface area contributed by atoms with Crippen LogP contribution in [-0.4, -0.2) is 43.9 Å². The summed E-state index contributed by atoms with van der Waals surface area (Å²) in [7, 11) is 0. The lowest BCUT2D eigenvalue weighted by Gasteiger charge is -2.35. The van der Waals surface area contributed by atoms with Gasteiger partial charge in [-0.1, -0.05) is 6.92 Å². The summed E-state index contributed by atoms with van der Waals surface area (Å²) in [5.41, 5.74) is 1.91. The maximum absolute atomic E-state index is 11.3. The summed E-state index contributed by atoms with van der Waals surface area (Å²) in [6, 6.07) is 1.98. The Hall–Kier alpha value is -2.44. The first-order valence-corrected chi connectivity index (χ1v) is 7.77. The zero-order chi connectivity index (χ0) is 16.6. The molecule has 0 radical (unpaired) electrons. The molecule has 0 amide bonds. The fourth-order valence-corrected chi connectivity index (χ4v) is 3.18. The third kappa shape index (κ3) is 3.18. The Labute approximate surface area is 135 Å². The number of carboxylic acid groups (broad SMARTS) is 1. The van der Waals surface area contributed by atoms with Crippen molar-refractivity contribution in [2.24, 2.45) is 11.8 Å². The first kappa shape index (κ1) is 15.5. The van der Waals surface area contributed by atoms with Gasteiger partial charge in [0, 0.05) is 18.8 Å². The second kappa shape index (κ2) is 5.98. The number of hydrogen-bond acceptors (Lipinski definition) is 5. The molecule has 3 heterocycles. The molecule has 1 fully saturated rings. The van der Waals surface area contributed by atoms with Crippen molar-refractivity contribution in [1.82, 2.24) is 19.7 Å². The first-order valence-electron chi connectivity index (χ1n) is 7.77. The Kier molecular flexibility index (Phi) is 4.02. The summed E-state index contributed by atoms with van der Waals surface area (Å²) < 4.78 is 1.76. The number of piperidine rings is 1. The van der Waals surface area contributed by atoms with Crippen LogP contribution in [0, 0.1) is 25.7 Å². The summed E-state index contributed by atoms with van der Waals surface area (Å²) in [5, 5.41) is 13.7. The lowest BCUT2D eigenvalue weighted by Crippen LogP contribution is -2.43. The van der Waals surface area contributed by atoms with Gasteiger partial charge in [0.15, 0.2) is 5.82 Å². The number of carbonyl (C=O) groups is 1. The van der Waals surface area contributed by atoms with Crippen LogP contribution in [0.1, 0.15) is 24.7 Å². The van der Waals surface area contributed by atoms with E-state index < -0.39 is 5.97 Å². The Bertz CT molecular complexity index is 727. The molecule has 1 N–H and O–H groups in total. The molecule has 7 nitrogen and oxygen atoms in total. The van der Waals surface area contributed by atoms with E-state index in [1.165, 1.54) is 0 Å². The normalized spacial score (nSPS) is 21.4. The summed E-state index contributed by atoms with van der Waals surface area (Å²) in [6.45, 7) is 7.23. The molecule has 23 heavy (non-hydrogen) atoms. The zero-order valence-corrected chi connectivity index (χ0v) is 13.6. The van der Waals surface area contributed by atoms with Crippen LogP contribution in [0.2, 0.25) is 0 Å². The van der Waals surface area contributed by atoms with E-state index >= 15 is 0 Å². The quantitative estimate of drug-likeness (QED) is 0.930. The van der Waals surface area contributed by atoms with Crippen LogP contribution < -0.4 is 4.90 Å². The average Bonchev–Trinajstić information content (AvgIpc) is 2.85. The Morgan fingerprint density at radius 2 is 2.00 bits per heavy atom. The standard InChI is InChI=1S/C16H21N5O2/c1-10-4-13(16(22)23)9-20(8-10)14-6-17-7-15(18-14)21-12(3)5-11(2)19-21/h5-7,10,13H,4,8-9H2,1-3H3,(H,22,23). The van der Waals surface area contributed by atoms with E-state index in [1.807, 2.05) is 24.8 Å². The molecule has 1 saturated heterocycles. The average molecular weight is 315 g/mol. The van der Waals surface area contributed by atoms with Gasteiger partial charge in [-0.15, -0.1) is 0 Å². The number of carboxylic acids is 1. The molecule has 1 aliphatic heterocycles. The smallest absolute Gasteiger partial charge is 0.308 e. The predicted octanol–water partition coefficient (Wildman–Crippen LogP) is 1.83. The molecule has 1 aliphatic rings. The van der Waals surface area contributed by atoms with Gasteiger partial charge in [-0.3, -0.25) is 9.78 Å². The minimum atomic E-state index is -0.746. The van der Waals surface area contributed by atoms with E-state index in [4.69, 9.17) is 0 Å². The van der Waals surface area contributed by atoms with Gasteiger partial charge in [0.25, 0.3) is 0 Å². The van der Waals surface area contributed by atoms with E-state index in [0.29, 0.717) is 30.5 Å². The molecule has 2 aromatic rings. The second-order valence-corrected chi connectivity index (χ2v) is 6.36. The fourth-order valence-electron chi connectivity index (χ4n) is 3.18. The molecule has 2 atom stereocenters. The number of anilines is 1. The van der Waals surface area contributed by atoms with Crippen LogP contribution in [0.5, 0.6) is 0 Å². The highest BCUT2D eigenvalue weighted by atomic mass is 16.4. The van der Waals surface area contributed by atoms with E-state index in [0.717, 1.165) is 17.9 Å². The van der Waals surface area contributed by atoms with Crippen LogP contribution in [-0.2, 0) is 4.79 Å². The molecule has 0 aromatic carbocycles. The second-order valence-electron chi connectivity index (χ2n) is 6.36. The van der Waals surface area contributed by atoms with Gasteiger partial charge < -0.3 is 10.0 Å². The highest BCUT2D eigenvalue weighted by Gasteiger charge is 2.30. The van der Waals surface area contributed by atoms with E-state index in [1.54, 1.807) is 17.1 Å². The van der Waals surface area contributed by atoms with Crippen LogP contribution in [0.4, 0.5) is 5.82 Å². The third-order valence-corrected chi connectivity index (χ3v) is 4.17. The van der Waals surface area contributed by atoms with Crippen LogP contribution in [0.15, 0.2) is 18.5 Å². The van der Waals surface area contributed by atoms with Crippen molar-refractivity contribution in [3.63, 3.8) is 0 Å². The highest BCUT2D eigenvalue weighted by molar-refractivity contribution is 5.71. The van der Waals surface area contributed by atoms with Gasteiger partial charge in [-0.25, -0.2) is 9.67 Å². The Balaban J connectivity index is 1.90. The molecule has 122 valence electrons. The van der Waals surface area contributed by atoms with Crippen molar-refractivity contribution in [1.29, 1.82) is 0 Å². The highest BCUT2D eigenvalue weighted by Crippen LogP contribution is 2.25. The van der Waals surface area contributed by atoms with Crippen molar-refractivity contribution < 1.29 is 9.90 Å². The number of aromatic nitrogens is 4. The van der Waals surface area contributed by atoms with Crippen molar-refractivity contribution in [3.05, 3.63) is 29.8 Å². The number of aryl methyl sites for hydroxylation is 2. The van der Waals surface area contributed by atoms with Gasteiger partial charge >= 0.3 is 5.97 Å². The summed E-state index contributed by atoms with van der Waals surface area (Å²) in [6.07, 6.45) is 4.06. The first-order chi connectivity index (χ1) is 10.9.